The van der Waals surface area contributed by atoms with Crippen LogP contribution in [-0.2, 0) is 0 Å². The second-order valence-electron chi connectivity index (χ2n) is 7.84. The van der Waals surface area contributed by atoms with Crippen molar-refractivity contribution in [1.29, 1.82) is 0 Å². The van der Waals surface area contributed by atoms with Gasteiger partial charge in [-0.3, -0.25) is 14.6 Å². The number of aryl methyl sites for hydroxylation is 3. The normalized spacial score (nSPS) is 12.4. The van der Waals surface area contributed by atoms with E-state index in [1.54, 1.807) is 0 Å². The Bertz CT molecular complexity index is 1350. The minimum Gasteiger partial charge on any atom is -0.361 e. The Labute approximate surface area is 180 Å². The maximum absolute atomic E-state index is 5.40. The lowest BCUT2D eigenvalue weighted by molar-refractivity contribution is 0.393. The molecule has 0 spiro atoms. The van der Waals surface area contributed by atoms with E-state index in [1.165, 1.54) is 0 Å². The summed E-state index contributed by atoms with van der Waals surface area (Å²) in [5, 5.41) is 10.2. The van der Waals surface area contributed by atoms with Gasteiger partial charge in [0.25, 0.3) is 0 Å². The average molecular weight is 409 g/mol. The Hall–Kier alpha value is -3.80. The van der Waals surface area contributed by atoms with Crippen LogP contribution in [0.1, 0.15) is 35.8 Å². The van der Waals surface area contributed by atoms with Crippen LogP contribution >= 0.6 is 0 Å². The summed E-state index contributed by atoms with van der Waals surface area (Å²) in [7, 11) is 0. The smallest absolute Gasteiger partial charge is 0.141 e. The van der Waals surface area contributed by atoms with Gasteiger partial charge in [0, 0.05) is 34.6 Å². The summed E-state index contributed by atoms with van der Waals surface area (Å²) in [6.45, 7) is 8.01. The molecule has 154 valence electrons. The maximum atomic E-state index is 5.40. The first-order valence-electron chi connectivity index (χ1n) is 10.3. The van der Waals surface area contributed by atoms with Crippen molar-refractivity contribution in [3.8, 4) is 22.4 Å². The predicted molar refractivity (Wildman–Crippen MR) is 121 cm³/mol. The molecule has 6 nitrogen and oxygen atoms in total. The topological polar surface area (TPSA) is 69.6 Å². The maximum Gasteiger partial charge on any atom is 0.141 e. The van der Waals surface area contributed by atoms with E-state index in [0.29, 0.717) is 0 Å². The highest BCUT2D eigenvalue weighted by Crippen LogP contribution is 2.35. The molecule has 0 fully saturated rings. The van der Waals surface area contributed by atoms with Crippen LogP contribution in [0, 0.1) is 20.8 Å². The molecule has 0 saturated carbocycles. The predicted octanol–water partition coefficient (Wildman–Crippen LogP) is 5.68. The fraction of sp³-hybridized carbons (Fsp3) is 0.200. The van der Waals surface area contributed by atoms with Crippen molar-refractivity contribution >= 4 is 10.9 Å². The van der Waals surface area contributed by atoms with E-state index in [0.717, 1.165) is 56.1 Å². The van der Waals surface area contributed by atoms with Gasteiger partial charge in [-0.05, 0) is 69.7 Å². The SMILES string of the molecule is Cc1ccc(-c2nn([C@@H](C)c3ccccn3)c3cc(-c4c(C)noc4C)ccc23)cn1. The third-order valence-electron chi connectivity index (χ3n) is 5.70. The van der Waals surface area contributed by atoms with Crippen molar-refractivity contribution in [2.45, 2.75) is 33.7 Å². The van der Waals surface area contributed by atoms with Gasteiger partial charge in [0.2, 0.25) is 0 Å². The molecule has 1 atom stereocenters. The minimum absolute atomic E-state index is 0.0317. The van der Waals surface area contributed by atoms with Gasteiger partial charge in [0.05, 0.1) is 22.9 Å². The Balaban J connectivity index is 1.75. The Morgan fingerprint density at radius 1 is 0.935 bits per heavy atom. The summed E-state index contributed by atoms with van der Waals surface area (Å²) in [6.07, 6.45) is 3.70. The Morgan fingerprint density at radius 2 is 1.77 bits per heavy atom. The van der Waals surface area contributed by atoms with Gasteiger partial charge in [-0.2, -0.15) is 5.10 Å². The zero-order valence-electron chi connectivity index (χ0n) is 18.0. The van der Waals surface area contributed by atoms with E-state index < -0.39 is 0 Å². The molecular formula is C25H23N5O. The number of nitrogens with zero attached hydrogens (tertiary/aromatic N) is 5. The first-order chi connectivity index (χ1) is 15.0. The lowest BCUT2D eigenvalue weighted by atomic mass is 10.0. The first kappa shape index (κ1) is 19.2. The van der Waals surface area contributed by atoms with Crippen molar-refractivity contribution in [2.75, 3.05) is 0 Å². The lowest BCUT2D eigenvalue weighted by Gasteiger charge is -2.13. The first-order valence-corrected chi connectivity index (χ1v) is 10.3. The molecule has 5 rings (SSSR count). The second-order valence-corrected chi connectivity index (χ2v) is 7.84. The molecule has 6 heteroatoms. The Kier molecular flexibility index (Phi) is 4.62. The van der Waals surface area contributed by atoms with Gasteiger partial charge >= 0.3 is 0 Å². The molecule has 1 aromatic carbocycles. The summed E-state index contributed by atoms with van der Waals surface area (Å²) < 4.78 is 7.45. The van der Waals surface area contributed by atoms with Gasteiger partial charge < -0.3 is 4.52 Å². The largest absolute Gasteiger partial charge is 0.361 e. The van der Waals surface area contributed by atoms with Crippen molar-refractivity contribution in [3.05, 3.63) is 83.8 Å². The molecule has 4 aromatic heterocycles. The molecule has 0 N–H and O–H groups in total. The van der Waals surface area contributed by atoms with Crippen LogP contribution in [0.25, 0.3) is 33.3 Å². The van der Waals surface area contributed by atoms with Gasteiger partial charge in [-0.25, -0.2) is 0 Å². The van der Waals surface area contributed by atoms with Gasteiger partial charge in [0.1, 0.15) is 11.5 Å². The van der Waals surface area contributed by atoms with Gasteiger partial charge in [-0.15, -0.1) is 0 Å². The quantitative estimate of drug-likeness (QED) is 0.382. The highest BCUT2D eigenvalue weighted by molar-refractivity contribution is 5.96. The third kappa shape index (κ3) is 3.30. The van der Waals surface area contributed by atoms with E-state index in [4.69, 9.17) is 9.62 Å². The van der Waals surface area contributed by atoms with Crippen molar-refractivity contribution in [1.82, 2.24) is 24.9 Å². The van der Waals surface area contributed by atoms with Crippen LogP contribution in [0.5, 0.6) is 0 Å². The zero-order chi connectivity index (χ0) is 21.5. The average Bonchev–Trinajstić information content (AvgIpc) is 3.33. The molecule has 0 aliphatic rings. The minimum atomic E-state index is -0.0317. The molecule has 0 saturated heterocycles. The third-order valence-corrected chi connectivity index (χ3v) is 5.70. The van der Waals surface area contributed by atoms with Crippen molar-refractivity contribution < 1.29 is 4.52 Å². The van der Waals surface area contributed by atoms with Crippen LogP contribution in [0.2, 0.25) is 0 Å². The van der Waals surface area contributed by atoms with Crippen LogP contribution < -0.4 is 0 Å². The number of hydrogen-bond acceptors (Lipinski definition) is 5. The fourth-order valence-corrected chi connectivity index (χ4v) is 4.05. The molecule has 31 heavy (non-hydrogen) atoms. The van der Waals surface area contributed by atoms with Crippen molar-refractivity contribution in [2.24, 2.45) is 0 Å². The number of fused-ring (bicyclic) bond motifs is 1. The number of pyridine rings is 2. The molecule has 0 radical (unpaired) electrons. The standard InChI is InChI=1S/C25H23N5O/c1-15-8-9-20(14-27-15)25-21-11-10-19(24-16(2)29-31-18(24)4)13-23(21)30(28-25)17(3)22-7-5-6-12-26-22/h5-14,17H,1-4H3/t17-/m0/s1. The molecule has 5 aromatic rings. The van der Waals surface area contributed by atoms with Crippen LogP contribution in [0.3, 0.4) is 0 Å². The van der Waals surface area contributed by atoms with E-state index in [1.807, 2.05) is 57.4 Å². The zero-order valence-corrected chi connectivity index (χ0v) is 18.0. The number of aromatic nitrogens is 5. The summed E-state index contributed by atoms with van der Waals surface area (Å²) in [4.78, 5) is 9.03. The highest BCUT2D eigenvalue weighted by Gasteiger charge is 2.20. The van der Waals surface area contributed by atoms with Crippen LogP contribution in [0.4, 0.5) is 0 Å². The molecule has 0 bridgehead atoms. The summed E-state index contributed by atoms with van der Waals surface area (Å²) >= 11 is 0. The number of benzene rings is 1. The monoisotopic (exact) mass is 409 g/mol. The van der Waals surface area contributed by atoms with E-state index in [2.05, 4.69) is 51.0 Å². The molecule has 0 unspecified atom stereocenters. The molecule has 0 aliphatic heterocycles. The number of hydrogen-bond donors (Lipinski definition) is 0. The molecular weight excluding hydrogens is 386 g/mol. The van der Waals surface area contributed by atoms with Crippen LogP contribution in [0.15, 0.2) is 65.4 Å². The fourth-order valence-electron chi connectivity index (χ4n) is 4.05. The van der Waals surface area contributed by atoms with Crippen molar-refractivity contribution in [3.63, 3.8) is 0 Å². The van der Waals surface area contributed by atoms with Crippen LogP contribution in [-0.4, -0.2) is 24.9 Å². The van der Waals surface area contributed by atoms with E-state index >= 15 is 0 Å². The van der Waals surface area contributed by atoms with Gasteiger partial charge in [0.15, 0.2) is 0 Å². The summed E-state index contributed by atoms with van der Waals surface area (Å²) in [6, 6.07) is 16.4. The molecule has 4 heterocycles. The number of rotatable bonds is 4. The Morgan fingerprint density at radius 3 is 2.45 bits per heavy atom. The lowest BCUT2D eigenvalue weighted by Crippen LogP contribution is -2.10. The van der Waals surface area contributed by atoms with Gasteiger partial charge in [-0.1, -0.05) is 17.3 Å². The molecule has 0 aliphatic carbocycles. The summed E-state index contributed by atoms with van der Waals surface area (Å²) in [5.74, 6) is 0.809. The highest BCUT2D eigenvalue weighted by atomic mass is 16.5. The second kappa shape index (κ2) is 7.47. The summed E-state index contributed by atoms with van der Waals surface area (Å²) in [5.41, 5.74) is 7.85. The molecule has 0 amide bonds. The van der Waals surface area contributed by atoms with E-state index in [9.17, 15) is 0 Å². The van der Waals surface area contributed by atoms with E-state index in [-0.39, 0.29) is 6.04 Å².